The molecule has 1 amide bonds. The van der Waals surface area contributed by atoms with Crippen LogP contribution in [0.4, 0.5) is 13.2 Å². The van der Waals surface area contributed by atoms with Gasteiger partial charge in [0.1, 0.15) is 5.82 Å². The quantitative estimate of drug-likeness (QED) is 0.743. The van der Waals surface area contributed by atoms with E-state index in [1.165, 1.54) is 24.4 Å². The first-order chi connectivity index (χ1) is 13.8. The van der Waals surface area contributed by atoms with Crippen LogP contribution < -0.4 is 5.32 Å². The van der Waals surface area contributed by atoms with Crippen molar-refractivity contribution < 1.29 is 22.8 Å². The van der Waals surface area contributed by atoms with Crippen LogP contribution in [-0.4, -0.2) is 34.4 Å². The Kier molecular flexibility index (Phi) is 6.30. The number of hydrogen-bond acceptors (Lipinski definition) is 4. The fourth-order valence-corrected chi connectivity index (χ4v) is 3.84. The maximum atomic E-state index is 12.2. The summed E-state index contributed by atoms with van der Waals surface area (Å²) < 4.78 is 36.6. The van der Waals surface area contributed by atoms with E-state index in [1.807, 2.05) is 18.2 Å². The molecule has 1 N–H and O–H groups in total. The summed E-state index contributed by atoms with van der Waals surface area (Å²) in [6.45, 7) is -0.755. The summed E-state index contributed by atoms with van der Waals surface area (Å²) in [6, 6.07) is 10.3. The van der Waals surface area contributed by atoms with Crippen molar-refractivity contribution in [3.8, 4) is 0 Å². The van der Waals surface area contributed by atoms with Crippen molar-refractivity contribution in [3.63, 3.8) is 0 Å². The highest BCUT2D eigenvalue weighted by atomic mass is 19.4. The molecule has 1 saturated carbocycles. The zero-order chi connectivity index (χ0) is 20.9. The van der Waals surface area contributed by atoms with Crippen molar-refractivity contribution in [2.24, 2.45) is 0 Å². The van der Waals surface area contributed by atoms with E-state index in [0.717, 1.165) is 25.7 Å². The highest BCUT2D eigenvalue weighted by Gasteiger charge is 2.38. The maximum Gasteiger partial charge on any atom is 0.471 e. The van der Waals surface area contributed by atoms with Gasteiger partial charge >= 0.3 is 12.1 Å². The molecule has 0 aliphatic heterocycles. The molecule has 5 nitrogen and oxygen atoms in total. The van der Waals surface area contributed by atoms with E-state index in [4.69, 9.17) is 0 Å². The minimum absolute atomic E-state index is 0.0499. The molecule has 3 rings (SSSR count). The summed E-state index contributed by atoms with van der Waals surface area (Å²) in [5.74, 6) is -2.23. The lowest BCUT2D eigenvalue weighted by molar-refractivity contribution is -0.173. The van der Waals surface area contributed by atoms with Crippen molar-refractivity contribution in [1.29, 1.82) is 0 Å². The van der Waals surface area contributed by atoms with E-state index in [9.17, 15) is 22.8 Å². The Bertz CT molecular complexity index is 846. The lowest BCUT2D eigenvalue weighted by Crippen LogP contribution is -2.39. The van der Waals surface area contributed by atoms with E-state index in [1.54, 1.807) is 5.32 Å². The first-order valence-electron chi connectivity index (χ1n) is 9.55. The molecule has 1 aliphatic rings. The monoisotopic (exact) mass is 405 g/mol. The average Bonchev–Trinajstić information content (AvgIpc) is 2.73. The minimum Gasteiger partial charge on any atom is -0.341 e. The molecular formula is C21H22F3N3O2. The standard InChI is InChI=1S/C21H22F3N3O2/c22-21(23,24)19(29)27-14-17(28)15-12-25-18(26-13-15)11-20(9-5-2-6-10-20)16-7-3-1-4-8-16/h1,3-4,7-8,12-13H,2,5-6,9-11,14H2,(H,27,29). The number of carbonyl (C=O) groups is 2. The number of carbonyl (C=O) groups excluding carboxylic acids is 2. The fraction of sp³-hybridized carbons (Fsp3) is 0.429. The number of nitrogens with zero attached hydrogens (tertiary/aromatic N) is 2. The van der Waals surface area contributed by atoms with E-state index >= 15 is 0 Å². The molecule has 0 bridgehead atoms. The van der Waals surface area contributed by atoms with E-state index in [2.05, 4.69) is 22.1 Å². The minimum atomic E-state index is -5.02. The van der Waals surface area contributed by atoms with Crippen LogP contribution in [0.15, 0.2) is 42.7 Å². The van der Waals surface area contributed by atoms with Crippen LogP contribution in [0.1, 0.15) is 53.8 Å². The highest BCUT2D eigenvalue weighted by molar-refractivity contribution is 5.99. The van der Waals surface area contributed by atoms with Crippen molar-refractivity contribution in [3.05, 3.63) is 59.7 Å². The van der Waals surface area contributed by atoms with Gasteiger partial charge in [0.2, 0.25) is 0 Å². The Morgan fingerprint density at radius 1 is 1.00 bits per heavy atom. The zero-order valence-corrected chi connectivity index (χ0v) is 15.8. The molecule has 0 atom stereocenters. The van der Waals surface area contributed by atoms with E-state index < -0.39 is 24.4 Å². The predicted molar refractivity (Wildman–Crippen MR) is 100 cm³/mol. The Hall–Kier alpha value is -2.77. The third-order valence-electron chi connectivity index (χ3n) is 5.39. The molecular weight excluding hydrogens is 383 g/mol. The van der Waals surface area contributed by atoms with Gasteiger partial charge in [-0.1, -0.05) is 49.6 Å². The first-order valence-corrected chi connectivity index (χ1v) is 9.55. The first kappa shape index (κ1) is 21.0. The van der Waals surface area contributed by atoms with Gasteiger partial charge in [0.15, 0.2) is 5.78 Å². The third-order valence-corrected chi connectivity index (χ3v) is 5.39. The Balaban J connectivity index is 1.69. The topological polar surface area (TPSA) is 72.0 Å². The smallest absolute Gasteiger partial charge is 0.341 e. The summed E-state index contributed by atoms with van der Waals surface area (Å²) in [7, 11) is 0. The zero-order valence-electron chi connectivity index (χ0n) is 15.8. The highest BCUT2D eigenvalue weighted by Crippen LogP contribution is 2.41. The number of alkyl halides is 3. The molecule has 0 saturated heterocycles. The number of Topliss-reactive ketones (excluding diaryl/α,β-unsaturated/α-hetero) is 1. The van der Waals surface area contributed by atoms with Gasteiger partial charge in [0, 0.05) is 24.2 Å². The second kappa shape index (κ2) is 8.71. The summed E-state index contributed by atoms with van der Waals surface area (Å²) in [5, 5.41) is 1.56. The van der Waals surface area contributed by atoms with Crippen LogP contribution in [0.25, 0.3) is 0 Å². The lowest BCUT2D eigenvalue weighted by Gasteiger charge is -2.37. The molecule has 0 radical (unpaired) electrons. The second-order valence-corrected chi connectivity index (χ2v) is 7.38. The van der Waals surface area contributed by atoms with Crippen LogP contribution in [-0.2, 0) is 16.6 Å². The fourth-order valence-electron chi connectivity index (χ4n) is 3.84. The molecule has 8 heteroatoms. The molecule has 1 aromatic carbocycles. The molecule has 1 fully saturated rings. The largest absolute Gasteiger partial charge is 0.471 e. The number of hydrogen-bond donors (Lipinski definition) is 1. The number of rotatable bonds is 6. The van der Waals surface area contributed by atoms with Crippen LogP contribution in [0, 0.1) is 0 Å². The van der Waals surface area contributed by atoms with Crippen molar-refractivity contribution in [1.82, 2.24) is 15.3 Å². The SMILES string of the molecule is O=C(CNC(=O)C(F)(F)F)c1cnc(CC2(c3ccccc3)CCCCC2)nc1. The molecule has 0 spiro atoms. The summed E-state index contributed by atoms with van der Waals surface area (Å²) in [6.07, 6.45) is 3.76. The number of ketones is 1. The number of nitrogens with one attached hydrogen (secondary N) is 1. The number of aromatic nitrogens is 2. The average molecular weight is 405 g/mol. The second-order valence-electron chi connectivity index (χ2n) is 7.38. The Morgan fingerprint density at radius 3 is 2.21 bits per heavy atom. The lowest BCUT2D eigenvalue weighted by atomic mass is 9.67. The predicted octanol–water partition coefficient (Wildman–Crippen LogP) is 3.78. The van der Waals surface area contributed by atoms with Crippen LogP contribution in [0.3, 0.4) is 0 Å². The molecule has 29 heavy (non-hydrogen) atoms. The molecule has 0 unspecified atom stereocenters. The Morgan fingerprint density at radius 2 is 1.62 bits per heavy atom. The van der Waals surface area contributed by atoms with Crippen LogP contribution in [0.5, 0.6) is 0 Å². The summed E-state index contributed by atoms with van der Waals surface area (Å²) in [4.78, 5) is 31.4. The van der Waals surface area contributed by atoms with Crippen molar-refractivity contribution >= 4 is 11.7 Å². The van der Waals surface area contributed by atoms with Crippen LogP contribution in [0.2, 0.25) is 0 Å². The molecule has 1 aliphatic carbocycles. The van der Waals surface area contributed by atoms with Gasteiger partial charge in [-0.3, -0.25) is 9.59 Å². The summed E-state index contributed by atoms with van der Waals surface area (Å²) >= 11 is 0. The van der Waals surface area contributed by atoms with Crippen LogP contribution >= 0.6 is 0 Å². The Labute approximate surface area is 166 Å². The van der Waals surface area contributed by atoms with Gasteiger partial charge < -0.3 is 5.32 Å². The van der Waals surface area contributed by atoms with Crippen molar-refractivity contribution in [2.45, 2.75) is 50.1 Å². The molecule has 1 aromatic heterocycles. The van der Waals surface area contributed by atoms with Gasteiger partial charge in [-0.05, 0) is 18.4 Å². The molecule has 2 aromatic rings. The van der Waals surface area contributed by atoms with Gasteiger partial charge in [0.25, 0.3) is 0 Å². The van der Waals surface area contributed by atoms with E-state index in [-0.39, 0.29) is 11.0 Å². The van der Waals surface area contributed by atoms with Gasteiger partial charge in [0.05, 0.1) is 12.1 Å². The third kappa shape index (κ3) is 5.19. The van der Waals surface area contributed by atoms with Gasteiger partial charge in [-0.25, -0.2) is 9.97 Å². The van der Waals surface area contributed by atoms with Gasteiger partial charge in [-0.15, -0.1) is 0 Å². The van der Waals surface area contributed by atoms with Gasteiger partial charge in [-0.2, -0.15) is 13.2 Å². The summed E-state index contributed by atoms with van der Waals surface area (Å²) in [5.41, 5.74) is 1.26. The molecule has 1 heterocycles. The van der Waals surface area contributed by atoms with E-state index in [0.29, 0.717) is 12.2 Å². The number of amides is 1. The normalized spacial score (nSPS) is 16.2. The number of halogens is 3. The maximum absolute atomic E-state index is 12.2. The van der Waals surface area contributed by atoms with Crippen molar-refractivity contribution in [2.75, 3.05) is 6.54 Å². The molecule has 154 valence electrons. The number of benzene rings is 1.